The highest BCUT2D eigenvalue weighted by Gasteiger charge is 2.22. The van der Waals surface area contributed by atoms with Gasteiger partial charge in [0, 0.05) is 22.1 Å². The van der Waals surface area contributed by atoms with Crippen molar-refractivity contribution in [3.8, 4) is 0 Å². The first-order valence-electron chi connectivity index (χ1n) is 7.88. The van der Waals surface area contributed by atoms with Crippen LogP contribution in [0.1, 0.15) is 37.8 Å². The molecule has 0 unspecified atom stereocenters. The number of hydrogen-bond donors (Lipinski definition) is 0. The lowest BCUT2D eigenvalue weighted by molar-refractivity contribution is 0.0319. The molecule has 2 aromatic rings. The van der Waals surface area contributed by atoms with Gasteiger partial charge in [-0.1, -0.05) is 23.7 Å². The summed E-state index contributed by atoms with van der Waals surface area (Å²) in [4.78, 5) is 24.6. The van der Waals surface area contributed by atoms with Crippen LogP contribution in [0.15, 0.2) is 48.5 Å². The van der Waals surface area contributed by atoms with Gasteiger partial charge in [0.15, 0.2) is 6.10 Å². The third-order valence-electron chi connectivity index (χ3n) is 3.82. The second-order valence-corrected chi connectivity index (χ2v) is 8.78. The number of ether oxygens (including phenoxy) is 1. The van der Waals surface area contributed by atoms with Crippen molar-refractivity contribution >= 4 is 46.9 Å². The Morgan fingerprint density at radius 3 is 2.16 bits per heavy atom. The van der Waals surface area contributed by atoms with E-state index in [-0.39, 0.29) is 5.78 Å². The van der Waals surface area contributed by atoms with Crippen LogP contribution in [0.4, 0.5) is 0 Å². The van der Waals surface area contributed by atoms with Gasteiger partial charge in [-0.2, -0.15) is 0 Å². The Hall–Kier alpha value is -1.43. The summed E-state index contributed by atoms with van der Waals surface area (Å²) >= 11 is 9.65. The van der Waals surface area contributed by atoms with Crippen molar-refractivity contribution in [3.63, 3.8) is 0 Å². The second kappa shape index (κ2) is 8.30. The monoisotopic (exact) mass is 392 g/mol. The fraction of sp³-hybridized carbons (Fsp3) is 0.263. The van der Waals surface area contributed by atoms with Gasteiger partial charge in [0.05, 0.1) is 10.1 Å². The molecule has 1 aliphatic heterocycles. The molecule has 1 heterocycles. The Balaban J connectivity index is 1.62. The van der Waals surface area contributed by atoms with Crippen LogP contribution in [0, 0.1) is 0 Å². The van der Waals surface area contributed by atoms with E-state index in [0.29, 0.717) is 20.7 Å². The maximum Gasteiger partial charge on any atom is 0.338 e. The minimum absolute atomic E-state index is 0.250. The first-order valence-corrected chi connectivity index (χ1v) is 10.4. The highest BCUT2D eigenvalue weighted by atomic mass is 35.5. The molecule has 2 aromatic carbocycles. The molecule has 25 heavy (non-hydrogen) atoms. The highest BCUT2D eigenvalue weighted by Crippen LogP contribution is 2.45. The molecule has 1 saturated heterocycles. The number of thioether (sulfide) groups is 2. The van der Waals surface area contributed by atoms with Crippen molar-refractivity contribution in [2.24, 2.45) is 0 Å². The summed E-state index contributed by atoms with van der Waals surface area (Å²) in [5.74, 6) is 1.57. The van der Waals surface area contributed by atoms with E-state index in [1.54, 1.807) is 43.3 Å². The molecule has 3 rings (SSSR count). The van der Waals surface area contributed by atoms with E-state index in [9.17, 15) is 9.59 Å². The first-order chi connectivity index (χ1) is 12.0. The lowest BCUT2D eigenvalue weighted by Gasteiger charge is -2.13. The molecule has 0 saturated carbocycles. The maximum atomic E-state index is 12.3. The molecule has 0 aliphatic carbocycles. The van der Waals surface area contributed by atoms with Crippen LogP contribution in [0.3, 0.4) is 0 Å². The minimum atomic E-state index is -0.853. The molecular formula is C19H17ClO3S2. The molecule has 1 atom stereocenters. The van der Waals surface area contributed by atoms with E-state index < -0.39 is 12.1 Å². The number of benzene rings is 2. The maximum absolute atomic E-state index is 12.3. The molecule has 0 radical (unpaired) electrons. The van der Waals surface area contributed by atoms with Crippen molar-refractivity contribution in [2.45, 2.75) is 17.6 Å². The van der Waals surface area contributed by atoms with Crippen molar-refractivity contribution < 1.29 is 14.3 Å². The summed E-state index contributed by atoms with van der Waals surface area (Å²) in [6.07, 6.45) is -0.853. The summed E-state index contributed by atoms with van der Waals surface area (Å²) in [5.41, 5.74) is 2.12. The third kappa shape index (κ3) is 4.60. The van der Waals surface area contributed by atoms with E-state index in [1.165, 1.54) is 5.56 Å². The molecule has 130 valence electrons. The average Bonchev–Trinajstić information content (AvgIpc) is 3.16. The fourth-order valence-corrected chi connectivity index (χ4v) is 5.44. The number of ketones is 1. The van der Waals surface area contributed by atoms with Crippen LogP contribution < -0.4 is 0 Å². The summed E-state index contributed by atoms with van der Waals surface area (Å²) in [6, 6.07) is 14.0. The normalized spacial score (nSPS) is 15.8. The Morgan fingerprint density at radius 2 is 1.56 bits per heavy atom. The molecule has 1 fully saturated rings. The van der Waals surface area contributed by atoms with Gasteiger partial charge in [0.25, 0.3) is 0 Å². The fourth-order valence-electron chi connectivity index (χ4n) is 2.46. The number of esters is 1. The van der Waals surface area contributed by atoms with Crippen LogP contribution >= 0.6 is 35.1 Å². The molecular weight excluding hydrogens is 376 g/mol. The predicted octanol–water partition coefficient (Wildman–Crippen LogP) is 5.25. The summed E-state index contributed by atoms with van der Waals surface area (Å²) in [5, 5.41) is 0.555. The SMILES string of the molecule is C[C@H](OC(=O)c1ccc(C2SCCS2)cc1)C(=O)c1ccc(Cl)cc1. The number of rotatable bonds is 5. The Labute approximate surface area is 160 Å². The largest absolute Gasteiger partial charge is 0.451 e. The zero-order chi connectivity index (χ0) is 17.8. The van der Waals surface area contributed by atoms with E-state index in [2.05, 4.69) is 0 Å². The Kier molecular flexibility index (Phi) is 6.10. The second-order valence-electron chi connectivity index (χ2n) is 5.61. The average molecular weight is 393 g/mol. The quantitative estimate of drug-likeness (QED) is 0.513. The summed E-state index contributed by atoms with van der Waals surface area (Å²) in [7, 11) is 0. The van der Waals surface area contributed by atoms with Crippen LogP contribution in [-0.2, 0) is 4.74 Å². The topological polar surface area (TPSA) is 43.4 Å². The molecule has 6 heteroatoms. The molecule has 3 nitrogen and oxygen atoms in total. The van der Waals surface area contributed by atoms with Gasteiger partial charge in [-0.25, -0.2) is 4.79 Å². The van der Waals surface area contributed by atoms with Gasteiger partial charge >= 0.3 is 5.97 Å². The number of halogens is 1. The summed E-state index contributed by atoms with van der Waals surface area (Å²) in [6.45, 7) is 1.58. The van der Waals surface area contributed by atoms with Crippen LogP contribution in [0.25, 0.3) is 0 Å². The molecule has 0 aromatic heterocycles. The number of carbonyl (C=O) groups excluding carboxylic acids is 2. The van der Waals surface area contributed by atoms with Crippen LogP contribution in [0.2, 0.25) is 5.02 Å². The van der Waals surface area contributed by atoms with E-state index >= 15 is 0 Å². The van der Waals surface area contributed by atoms with Gasteiger partial charge < -0.3 is 4.74 Å². The number of hydrogen-bond acceptors (Lipinski definition) is 5. The third-order valence-corrected chi connectivity index (χ3v) is 7.18. The lowest BCUT2D eigenvalue weighted by atomic mass is 10.1. The van der Waals surface area contributed by atoms with Crippen molar-refractivity contribution in [1.29, 1.82) is 0 Å². The van der Waals surface area contributed by atoms with Gasteiger partial charge in [0.2, 0.25) is 5.78 Å². The van der Waals surface area contributed by atoms with Crippen molar-refractivity contribution in [1.82, 2.24) is 0 Å². The molecule has 0 amide bonds. The molecule has 0 spiro atoms. The Morgan fingerprint density at radius 1 is 1.00 bits per heavy atom. The lowest BCUT2D eigenvalue weighted by Crippen LogP contribution is -2.24. The van der Waals surface area contributed by atoms with Gasteiger partial charge in [-0.05, 0) is 48.9 Å². The van der Waals surface area contributed by atoms with E-state index in [4.69, 9.17) is 16.3 Å². The van der Waals surface area contributed by atoms with Crippen molar-refractivity contribution in [3.05, 3.63) is 70.2 Å². The van der Waals surface area contributed by atoms with E-state index in [1.807, 2.05) is 35.7 Å². The zero-order valence-electron chi connectivity index (χ0n) is 13.6. The standard InChI is InChI=1S/C19H17ClO3S2/c1-12(17(21)13-6-8-16(20)9-7-13)23-18(22)14-2-4-15(5-3-14)19-24-10-11-25-19/h2-9,12,19H,10-11H2,1H3/t12-/m0/s1. The van der Waals surface area contributed by atoms with E-state index in [0.717, 1.165) is 11.5 Å². The van der Waals surface area contributed by atoms with Crippen molar-refractivity contribution in [2.75, 3.05) is 11.5 Å². The Bertz CT molecular complexity index is 753. The highest BCUT2D eigenvalue weighted by molar-refractivity contribution is 8.19. The summed E-state index contributed by atoms with van der Waals surface area (Å²) < 4.78 is 5.76. The predicted molar refractivity (Wildman–Crippen MR) is 105 cm³/mol. The van der Waals surface area contributed by atoms with Gasteiger partial charge in [0.1, 0.15) is 0 Å². The number of carbonyl (C=O) groups is 2. The van der Waals surface area contributed by atoms with Gasteiger partial charge in [-0.3, -0.25) is 4.79 Å². The smallest absolute Gasteiger partial charge is 0.338 e. The first kappa shape index (κ1) is 18.4. The van der Waals surface area contributed by atoms with Crippen LogP contribution in [-0.4, -0.2) is 29.4 Å². The minimum Gasteiger partial charge on any atom is -0.451 e. The molecule has 1 aliphatic rings. The van der Waals surface area contributed by atoms with Gasteiger partial charge in [-0.15, -0.1) is 23.5 Å². The molecule has 0 bridgehead atoms. The number of Topliss-reactive ketones (excluding diaryl/α,β-unsaturated/α-hetero) is 1. The van der Waals surface area contributed by atoms with Crippen LogP contribution in [0.5, 0.6) is 0 Å². The zero-order valence-corrected chi connectivity index (χ0v) is 16.0. The molecule has 0 N–H and O–H groups in total.